The number of hydrogen-bond acceptors (Lipinski definition) is 2. The second kappa shape index (κ2) is 3.94. The van der Waals surface area contributed by atoms with Gasteiger partial charge in [-0.15, -0.1) is 0 Å². The minimum atomic E-state index is 0.638. The van der Waals surface area contributed by atoms with Gasteiger partial charge in [-0.05, 0) is 36.4 Å². The van der Waals surface area contributed by atoms with Crippen LogP contribution >= 0.6 is 0 Å². The summed E-state index contributed by atoms with van der Waals surface area (Å²) >= 11 is 0. The Morgan fingerprint density at radius 2 is 1.88 bits per heavy atom. The van der Waals surface area contributed by atoms with Gasteiger partial charge in [0.05, 0.1) is 18.1 Å². The van der Waals surface area contributed by atoms with Gasteiger partial charge < -0.3 is 9.71 Å². The summed E-state index contributed by atoms with van der Waals surface area (Å²) in [5, 5.41) is 0. The van der Waals surface area contributed by atoms with Crippen LogP contribution in [0.1, 0.15) is 0 Å². The normalized spacial score (nSPS) is 11.5. The van der Waals surface area contributed by atoms with Gasteiger partial charge in [0, 0.05) is 5.56 Å². The zero-order chi connectivity index (χ0) is 12.5. The van der Waals surface area contributed by atoms with Crippen molar-refractivity contribution in [2.75, 3.05) is 7.11 Å². The van der Waals surface area contributed by atoms with E-state index >= 15 is 0 Å². The third-order valence-corrected chi connectivity index (χ3v) is 2.68. The van der Waals surface area contributed by atoms with Gasteiger partial charge in [-0.2, -0.15) is 0 Å². The summed E-state index contributed by atoms with van der Waals surface area (Å²) in [4.78, 5) is 5.83. The summed E-state index contributed by atoms with van der Waals surface area (Å²) in [5.41, 5.74) is 2.55. The Kier molecular flexibility index (Phi) is 2.04. The summed E-state index contributed by atoms with van der Waals surface area (Å²) in [6.07, 6.45) is 0. The van der Waals surface area contributed by atoms with E-state index in [1.807, 2.05) is 48.5 Å². The van der Waals surface area contributed by atoms with Gasteiger partial charge in [-0.3, -0.25) is 0 Å². The molecule has 0 unspecified atom stereocenters. The van der Waals surface area contributed by atoms with Gasteiger partial charge in [-0.25, -0.2) is 4.98 Å². The van der Waals surface area contributed by atoms with Gasteiger partial charge in [0.25, 0.3) is 0 Å². The number of para-hydroxylation sites is 2. The molecule has 1 heterocycles. The van der Waals surface area contributed by atoms with E-state index in [0.717, 1.165) is 22.3 Å². The maximum atomic E-state index is 8.08. The van der Waals surface area contributed by atoms with Gasteiger partial charge in [0.1, 0.15) is 11.6 Å². The summed E-state index contributed by atoms with van der Waals surface area (Å²) in [6.45, 7) is 0. The molecule has 3 heteroatoms. The first-order valence-corrected chi connectivity index (χ1v) is 5.41. The number of nitrogens with zero attached hydrogens (tertiary/aromatic N) is 1. The van der Waals surface area contributed by atoms with E-state index in [1.165, 1.54) is 4.98 Å². The number of fused-ring (bicyclic) bond motifs is 1. The third-order valence-electron chi connectivity index (χ3n) is 2.68. The highest BCUT2D eigenvalue weighted by molar-refractivity contribution is 5.79. The molecule has 0 atom stereocenters. The van der Waals surface area contributed by atoms with Crippen LogP contribution < -0.4 is 4.74 Å². The number of imidazole rings is 1. The first-order valence-electron chi connectivity index (χ1n) is 5.85. The van der Waals surface area contributed by atoms with Crippen LogP contribution in [0.15, 0.2) is 48.5 Å². The van der Waals surface area contributed by atoms with Crippen LogP contribution in [-0.4, -0.2) is 17.1 Å². The van der Waals surface area contributed by atoms with Crippen molar-refractivity contribution in [1.29, 1.82) is 0 Å². The molecular formula is C14H12N2O. The van der Waals surface area contributed by atoms with Crippen molar-refractivity contribution in [2.24, 2.45) is 0 Å². The van der Waals surface area contributed by atoms with Crippen molar-refractivity contribution < 1.29 is 6.15 Å². The number of hydrogen-bond donors (Lipinski definition) is 1. The first kappa shape index (κ1) is 8.82. The second-order valence-corrected chi connectivity index (χ2v) is 3.76. The van der Waals surface area contributed by atoms with Gasteiger partial charge in [0.15, 0.2) is 1.41 Å². The molecule has 0 saturated heterocycles. The lowest BCUT2D eigenvalue weighted by molar-refractivity contribution is 0.415. The second-order valence-electron chi connectivity index (χ2n) is 3.76. The van der Waals surface area contributed by atoms with Crippen LogP contribution in [0.2, 0.25) is 1.41 Å². The minimum Gasteiger partial charge on any atom is -0.497 e. The van der Waals surface area contributed by atoms with E-state index in [4.69, 9.17) is 6.15 Å². The molecule has 3 aromatic rings. The van der Waals surface area contributed by atoms with Gasteiger partial charge in [-0.1, -0.05) is 12.1 Å². The summed E-state index contributed by atoms with van der Waals surface area (Å²) in [5.74, 6) is 1.44. The van der Waals surface area contributed by atoms with Gasteiger partial charge in [0.2, 0.25) is 0 Å². The lowest BCUT2D eigenvalue weighted by Gasteiger charge is -2.00. The molecule has 0 radical (unpaired) electrons. The molecule has 3 nitrogen and oxygen atoms in total. The minimum absolute atomic E-state index is 0.638. The molecular weight excluding hydrogens is 212 g/mol. The Morgan fingerprint density at radius 1 is 1.12 bits per heavy atom. The molecule has 0 aliphatic rings. The molecule has 0 spiro atoms. The quantitative estimate of drug-likeness (QED) is 0.727. The van der Waals surface area contributed by atoms with Crippen molar-refractivity contribution in [2.45, 2.75) is 0 Å². The van der Waals surface area contributed by atoms with E-state index in [1.54, 1.807) is 7.11 Å². The Morgan fingerprint density at radius 3 is 2.59 bits per heavy atom. The van der Waals surface area contributed by atoms with E-state index < -0.39 is 0 Å². The maximum Gasteiger partial charge on any atom is 0.168 e. The number of methoxy groups -OCH3 is 1. The average Bonchev–Trinajstić information content (AvgIpc) is 2.77. The fraction of sp³-hybridized carbons (Fsp3) is 0.0714. The number of benzene rings is 2. The molecule has 0 fully saturated rings. The van der Waals surface area contributed by atoms with Crippen LogP contribution in [-0.2, 0) is 0 Å². The van der Waals surface area contributed by atoms with Crippen molar-refractivity contribution in [3.63, 3.8) is 0 Å². The predicted molar refractivity (Wildman–Crippen MR) is 68.1 cm³/mol. The topological polar surface area (TPSA) is 37.9 Å². The Balaban J connectivity index is 2.15. The summed E-state index contributed by atoms with van der Waals surface area (Å²) < 4.78 is 13.2. The average molecular weight is 225 g/mol. The highest BCUT2D eigenvalue weighted by Crippen LogP contribution is 2.22. The molecule has 0 saturated carbocycles. The van der Waals surface area contributed by atoms with Crippen LogP contribution in [0.5, 0.6) is 5.75 Å². The smallest absolute Gasteiger partial charge is 0.168 e. The molecule has 1 N–H and O–H groups in total. The Labute approximate surface area is 101 Å². The molecule has 0 aliphatic carbocycles. The molecule has 17 heavy (non-hydrogen) atoms. The van der Waals surface area contributed by atoms with E-state index in [9.17, 15) is 0 Å². The van der Waals surface area contributed by atoms with E-state index in [-0.39, 0.29) is 0 Å². The van der Waals surface area contributed by atoms with Crippen molar-refractivity contribution in [3.05, 3.63) is 48.5 Å². The number of nitrogens with one attached hydrogen (secondary N) is 1. The van der Waals surface area contributed by atoms with Crippen LogP contribution in [0.4, 0.5) is 0 Å². The summed E-state index contributed by atoms with van der Waals surface area (Å²) in [7, 11) is 1.63. The van der Waals surface area contributed by atoms with Crippen molar-refractivity contribution in [1.82, 2.24) is 9.96 Å². The lowest BCUT2D eigenvalue weighted by Crippen LogP contribution is -1.83. The SMILES string of the molecule is [2H]n1c(-c2ccc(OC)cc2)nc2ccccc21. The highest BCUT2D eigenvalue weighted by atomic mass is 16.5. The summed E-state index contributed by atoms with van der Waals surface area (Å²) in [6, 6.07) is 15.2. The number of H-pyrrole nitrogens is 1. The fourth-order valence-electron chi connectivity index (χ4n) is 1.78. The van der Waals surface area contributed by atoms with Gasteiger partial charge >= 0.3 is 0 Å². The van der Waals surface area contributed by atoms with Crippen molar-refractivity contribution in [3.8, 4) is 17.1 Å². The number of aromatic nitrogens is 2. The highest BCUT2D eigenvalue weighted by Gasteiger charge is 2.04. The number of aromatic amines is 1. The fourth-order valence-corrected chi connectivity index (χ4v) is 1.78. The molecule has 3 rings (SSSR count). The zero-order valence-corrected chi connectivity index (χ0v) is 9.42. The van der Waals surface area contributed by atoms with Crippen LogP contribution in [0.25, 0.3) is 22.4 Å². The third kappa shape index (κ3) is 1.76. The molecule has 2 aromatic carbocycles. The molecule has 0 amide bonds. The van der Waals surface area contributed by atoms with E-state index in [0.29, 0.717) is 5.82 Å². The largest absolute Gasteiger partial charge is 0.497 e. The molecule has 0 bridgehead atoms. The number of ether oxygens (including phenoxy) is 1. The molecule has 1 aromatic heterocycles. The zero-order valence-electron chi connectivity index (χ0n) is 10.4. The maximum absolute atomic E-state index is 8.08. The number of rotatable bonds is 2. The monoisotopic (exact) mass is 225 g/mol. The Hall–Kier alpha value is -2.29. The molecule has 0 aliphatic heterocycles. The lowest BCUT2D eigenvalue weighted by atomic mass is 10.2. The van der Waals surface area contributed by atoms with Crippen molar-refractivity contribution >= 4 is 11.0 Å². The Bertz CT molecular complexity index is 689. The predicted octanol–water partition coefficient (Wildman–Crippen LogP) is 3.24. The van der Waals surface area contributed by atoms with Crippen LogP contribution in [0, 0.1) is 0 Å². The van der Waals surface area contributed by atoms with E-state index in [2.05, 4.69) is 4.98 Å². The van der Waals surface area contributed by atoms with Crippen LogP contribution in [0.3, 0.4) is 0 Å². The standard InChI is InChI=1S/C14H12N2O/c1-17-11-8-6-10(7-9-11)14-15-12-4-2-3-5-13(12)16-14/h2-9H,1H3,(H,15,16)/i/hD. The first-order chi connectivity index (χ1) is 8.79. The molecule has 84 valence electrons.